The van der Waals surface area contributed by atoms with Gasteiger partial charge in [0.1, 0.15) is 11.6 Å². The quantitative estimate of drug-likeness (QED) is 0.874. The van der Waals surface area contributed by atoms with Crippen molar-refractivity contribution in [1.82, 2.24) is 20.5 Å². The lowest BCUT2D eigenvalue weighted by Gasteiger charge is -2.03. The van der Waals surface area contributed by atoms with Crippen LogP contribution in [0.2, 0.25) is 0 Å². The van der Waals surface area contributed by atoms with Gasteiger partial charge in [-0.15, -0.1) is 0 Å². The van der Waals surface area contributed by atoms with Crippen LogP contribution >= 0.6 is 0 Å². The number of aromatic amines is 1. The minimum atomic E-state index is 0.334. The summed E-state index contributed by atoms with van der Waals surface area (Å²) in [7, 11) is 1.68. The van der Waals surface area contributed by atoms with E-state index in [-0.39, 0.29) is 0 Å². The van der Waals surface area contributed by atoms with Crippen LogP contribution in [-0.2, 0) is 12.8 Å². The van der Waals surface area contributed by atoms with Crippen LogP contribution in [0.4, 0.5) is 0 Å². The molecule has 0 aliphatic carbocycles. The van der Waals surface area contributed by atoms with E-state index in [1.165, 1.54) is 12.0 Å². The van der Waals surface area contributed by atoms with Gasteiger partial charge < -0.3 is 10.1 Å². The van der Waals surface area contributed by atoms with Crippen LogP contribution in [0.15, 0.2) is 24.3 Å². The third kappa shape index (κ3) is 2.99. The molecular weight excluding hydrogens is 252 g/mol. The first-order chi connectivity index (χ1) is 9.85. The molecule has 0 amide bonds. The Balaban J connectivity index is 1.57. The molecule has 0 bridgehead atoms. The van der Waals surface area contributed by atoms with Crippen LogP contribution in [0.25, 0.3) is 0 Å². The molecule has 2 N–H and O–H groups in total. The maximum Gasteiger partial charge on any atom is 0.167 e. The molecule has 1 aromatic carbocycles. The molecule has 3 rings (SSSR count). The Morgan fingerprint density at radius 2 is 2.10 bits per heavy atom. The van der Waals surface area contributed by atoms with Gasteiger partial charge in [-0.05, 0) is 43.5 Å². The van der Waals surface area contributed by atoms with Gasteiger partial charge in [0.2, 0.25) is 0 Å². The highest BCUT2D eigenvalue weighted by atomic mass is 16.5. The van der Waals surface area contributed by atoms with Crippen molar-refractivity contribution < 1.29 is 4.74 Å². The number of nitrogens with one attached hydrogen (secondary N) is 2. The summed E-state index contributed by atoms with van der Waals surface area (Å²) in [5, 5.41) is 10.8. The van der Waals surface area contributed by atoms with Gasteiger partial charge in [0.05, 0.1) is 13.2 Å². The van der Waals surface area contributed by atoms with Gasteiger partial charge in [-0.1, -0.05) is 12.1 Å². The minimum Gasteiger partial charge on any atom is -0.497 e. The van der Waals surface area contributed by atoms with Crippen molar-refractivity contribution in [3.8, 4) is 5.75 Å². The lowest BCUT2D eigenvalue weighted by molar-refractivity contribution is 0.414. The van der Waals surface area contributed by atoms with Crippen LogP contribution in [0.1, 0.15) is 36.1 Å². The van der Waals surface area contributed by atoms with Gasteiger partial charge >= 0.3 is 0 Å². The molecule has 0 radical (unpaired) electrons. The van der Waals surface area contributed by atoms with Crippen LogP contribution in [-0.4, -0.2) is 28.8 Å². The number of aromatic nitrogens is 3. The third-order valence-corrected chi connectivity index (χ3v) is 3.73. The highest BCUT2D eigenvalue weighted by Gasteiger charge is 2.20. The smallest absolute Gasteiger partial charge is 0.167 e. The fourth-order valence-corrected chi connectivity index (χ4v) is 2.54. The van der Waals surface area contributed by atoms with E-state index in [9.17, 15) is 0 Å². The van der Waals surface area contributed by atoms with Crippen molar-refractivity contribution >= 4 is 0 Å². The molecule has 1 aliphatic heterocycles. The van der Waals surface area contributed by atoms with Crippen molar-refractivity contribution in [3.05, 3.63) is 41.5 Å². The van der Waals surface area contributed by atoms with Crippen molar-refractivity contribution in [2.24, 2.45) is 0 Å². The molecule has 5 heteroatoms. The summed E-state index contributed by atoms with van der Waals surface area (Å²) in [4.78, 5) is 4.59. The van der Waals surface area contributed by atoms with Crippen LogP contribution in [0.5, 0.6) is 5.75 Å². The maximum absolute atomic E-state index is 5.16. The Labute approximate surface area is 118 Å². The summed E-state index contributed by atoms with van der Waals surface area (Å²) in [6.45, 7) is 1.07. The van der Waals surface area contributed by atoms with Crippen LogP contribution in [0, 0.1) is 0 Å². The Morgan fingerprint density at radius 3 is 2.80 bits per heavy atom. The highest BCUT2D eigenvalue weighted by molar-refractivity contribution is 5.27. The van der Waals surface area contributed by atoms with E-state index in [0.717, 1.165) is 43.2 Å². The number of nitrogens with zero attached hydrogens (tertiary/aromatic N) is 2. The second-order valence-corrected chi connectivity index (χ2v) is 5.14. The Morgan fingerprint density at radius 1 is 1.25 bits per heavy atom. The van der Waals surface area contributed by atoms with E-state index >= 15 is 0 Å². The summed E-state index contributed by atoms with van der Waals surface area (Å²) in [5.74, 6) is 2.76. The molecule has 1 unspecified atom stereocenters. The zero-order valence-electron chi connectivity index (χ0n) is 11.7. The predicted molar refractivity (Wildman–Crippen MR) is 76.8 cm³/mol. The van der Waals surface area contributed by atoms with Gasteiger partial charge in [0.15, 0.2) is 5.82 Å². The summed E-state index contributed by atoms with van der Waals surface area (Å²) < 4.78 is 5.16. The number of hydrogen-bond donors (Lipinski definition) is 2. The monoisotopic (exact) mass is 272 g/mol. The first-order valence-electron chi connectivity index (χ1n) is 7.12. The standard InChI is InChI=1S/C15H20N4O/c1-20-12-7-4-11(5-8-12)6-9-14-17-15(19-18-14)13-3-2-10-16-13/h4-5,7-8,13,16H,2-3,6,9-10H2,1H3,(H,17,18,19). The average molecular weight is 272 g/mol. The zero-order chi connectivity index (χ0) is 13.8. The minimum absolute atomic E-state index is 0.334. The van der Waals surface area contributed by atoms with E-state index in [2.05, 4.69) is 32.6 Å². The van der Waals surface area contributed by atoms with E-state index in [0.29, 0.717) is 6.04 Å². The zero-order valence-corrected chi connectivity index (χ0v) is 11.7. The Bertz CT molecular complexity index is 543. The summed E-state index contributed by atoms with van der Waals surface area (Å²) in [6, 6.07) is 8.50. The molecule has 2 aromatic rings. The van der Waals surface area contributed by atoms with Gasteiger partial charge in [0.25, 0.3) is 0 Å². The van der Waals surface area contributed by atoms with Crippen molar-refractivity contribution in [1.29, 1.82) is 0 Å². The molecule has 1 atom stereocenters. The molecule has 0 spiro atoms. The van der Waals surface area contributed by atoms with Crippen molar-refractivity contribution in [2.45, 2.75) is 31.7 Å². The normalized spacial score (nSPS) is 18.4. The largest absolute Gasteiger partial charge is 0.497 e. The predicted octanol–water partition coefficient (Wildman–Crippen LogP) is 2.02. The molecule has 1 aromatic heterocycles. The number of aryl methyl sites for hydroxylation is 2. The molecule has 106 valence electrons. The van der Waals surface area contributed by atoms with E-state index < -0.39 is 0 Å². The van der Waals surface area contributed by atoms with Crippen molar-refractivity contribution in [3.63, 3.8) is 0 Å². The number of hydrogen-bond acceptors (Lipinski definition) is 4. The maximum atomic E-state index is 5.16. The van der Waals surface area contributed by atoms with Crippen molar-refractivity contribution in [2.75, 3.05) is 13.7 Å². The van der Waals surface area contributed by atoms with Gasteiger partial charge in [-0.3, -0.25) is 5.10 Å². The average Bonchev–Trinajstić information content (AvgIpc) is 3.16. The van der Waals surface area contributed by atoms with Crippen LogP contribution < -0.4 is 10.1 Å². The Hall–Kier alpha value is -1.88. The van der Waals surface area contributed by atoms with Gasteiger partial charge in [0, 0.05) is 6.42 Å². The first kappa shape index (κ1) is 13.1. The first-order valence-corrected chi connectivity index (χ1v) is 7.12. The summed E-state index contributed by atoms with van der Waals surface area (Å²) >= 11 is 0. The lowest BCUT2D eigenvalue weighted by Crippen LogP contribution is -2.14. The summed E-state index contributed by atoms with van der Waals surface area (Å²) in [5.41, 5.74) is 1.28. The number of benzene rings is 1. The third-order valence-electron chi connectivity index (χ3n) is 3.73. The molecule has 5 nitrogen and oxygen atoms in total. The van der Waals surface area contributed by atoms with E-state index in [1.807, 2.05) is 12.1 Å². The molecular formula is C15H20N4O. The molecule has 1 fully saturated rings. The van der Waals surface area contributed by atoms with Crippen LogP contribution in [0.3, 0.4) is 0 Å². The molecule has 20 heavy (non-hydrogen) atoms. The number of ether oxygens (including phenoxy) is 1. The summed E-state index contributed by atoms with van der Waals surface area (Å²) in [6.07, 6.45) is 4.18. The topological polar surface area (TPSA) is 62.8 Å². The SMILES string of the molecule is COc1ccc(CCc2nc(C3CCCN3)n[nH]2)cc1. The second-order valence-electron chi connectivity index (χ2n) is 5.14. The highest BCUT2D eigenvalue weighted by Crippen LogP contribution is 2.19. The molecule has 2 heterocycles. The molecule has 1 saturated heterocycles. The van der Waals surface area contributed by atoms with Gasteiger partial charge in [-0.2, -0.15) is 5.10 Å². The van der Waals surface area contributed by atoms with Gasteiger partial charge in [-0.25, -0.2) is 4.98 Å². The Kier molecular flexibility index (Phi) is 3.97. The number of methoxy groups -OCH3 is 1. The number of rotatable bonds is 5. The molecule has 0 saturated carbocycles. The fourth-order valence-electron chi connectivity index (χ4n) is 2.54. The fraction of sp³-hybridized carbons (Fsp3) is 0.467. The van der Waals surface area contributed by atoms with E-state index in [1.54, 1.807) is 7.11 Å². The lowest BCUT2D eigenvalue weighted by atomic mass is 10.1. The molecule has 1 aliphatic rings. The van der Waals surface area contributed by atoms with E-state index in [4.69, 9.17) is 4.74 Å². The second kappa shape index (κ2) is 6.05. The number of H-pyrrole nitrogens is 1.